The Bertz CT molecular complexity index is 718. The summed E-state index contributed by atoms with van der Waals surface area (Å²) in [6.07, 6.45) is 0. The number of carbonyl (C=O) groups is 1. The molecule has 3 N–H and O–H groups in total. The third-order valence-corrected chi connectivity index (χ3v) is 4.49. The molecule has 0 aliphatic rings. The van der Waals surface area contributed by atoms with Crippen LogP contribution in [0.15, 0.2) is 40.7 Å². The van der Waals surface area contributed by atoms with Crippen LogP contribution in [0.25, 0.3) is 0 Å². The summed E-state index contributed by atoms with van der Waals surface area (Å²) in [5.74, 6) is 0.932. The number of halogens is 1. The van der Waals surface area contributed by atoms with E-state index in [1.807, 2.05) is 37.3 Å². The molecule has 0 radical (unpaired) electrons. The highest BCUT2D eigenvalue weighted by molar-refractivity contribution is 14.0. The quantitative estimate of drug-likeness (QED) is 0.295. The van der Waals surface area contributed by atoms with Crippen molar-refractivity contribution in [3.05, 3.63) is 52.0 Å². The summed E-state index contributed by atoms with van der Waals surface area (Å²) in [6, 6.07) is 9.83. The van der Waals surface area contributed by atoms with Gasteiger partial charge in [-0.2, -0.15) is 0 Å². The van der Waals surface area contributed by atoms with E-state index in [1.54, 1.807) is 11.3 Å². The van der Waals surface area contributed by atoms with E-state index in [0.29, 0.717) is 25.0 Å². The zero-order valence-corrected chi connectivity index (χ0v) is 19.1. The third kappa shape index (κ3) is 8.70. The first-order valence-electron chi connectivity index (χ1n) is 8.85. The molecule has 1 amide bonds. The highest BCUT2D eigenvalue weighted by Crippen LogP contribution is 2.17. The minimum absolute atomic E-state index is 0. The maximum atomic E-state index is 12.0. The fourth-order valence-electron chi connectivity index (χ4n) is 2.18. The van der Waals surface area contributed by atoms with Crippen molar-refractivity contribution in [2.24, 2.45) is 4.99 Å². The lowest BCUT2D eigenvalue weighted by Gasteiger charge is -2.10. The normalized spacial score (nSPS) is 11.0. The number of rotatable bonds is 8. The van der Waals surface area contributed by atoms with Gasteiger partial charge in [0.25, 0.3) is 0 Å². The number of aromatic nitrogens is 1. The summed E-state index contributed by atoms with van der Waals surface area (Å²) in [4.78, 5) is 20.9. The van der Waals surface area contributed by atoms with Crippen LogP contribution in [0.2, 0.25) is 0 Å². The Morgan fingerprint density at radius 3 is 2.52 bits per heavy atom. The number of amides is 1. The first-order chi connectivity index (χ1) is 12.6. The molecule has 0 spiro atoms. The average Bonchev–Trinajstić information content (AvgIpc) is 3.12. The minimum atomic E-state index is -0.109. The molecule has 148 valence electrons. The van der Waals surface area contributed by atoms with Crippen molar-refractivity contribution < 1.29 is 4.79 Å². The van der Waals surface area contributed by atoms with Gasteiger partial charge in [0.15, 0.2) is 5.96 Å². The standard InChI is InChI=1S/C19H27N5OS.HI/c1-4-20-19(23-12-18-24-16(13-26-18)14(2)3)22-11-17(25)21-10-15-8-6-5-7-9-15;/h5-9,13-14H,4,10-12H2,1-3H3,(H,21,25)(H2,20,22,23);1H. The zero-order chi connectivity index (χ0) is 18.8. The van der Waals surface area contributed by atoms with Gasteiger partial charge in [0.2, 0.25) is 5.91 Å². The fraction of sp³-hybridized carbons (Fsp3) is 0.421. The number of nitrogens with zero attached hydrogens (tertiary/aromatic N) is 2. The number of nitrogens with one attached hydrogen (secondary N) is 3. The number of carbonyl (C=O) groups excluding carboxylic acids is 1. The third-order valence-electron chi connectivity index (χ3n) is 3.63. The van der Waals surface area contributed by atoms with E-state index >= 15 is 0 Å². The van der Waals surface area contributed by atoms with E-state index in [4.69, 9.17) is 0 Å². The Kier molecular flexibility index (Phi) is 11.0. The highest BCUT2D eigenvalue weighted by atomic mass is 127. The van der Waals surface area contributed by atoms with Gasteiger partial charge >= 0.3 is 0 Å². The van der Waals surface area contributed by atoms with Crippen LogP contribution in [0.1, 0.15) is 43.0 Å². The van der Waals surface area contributed by atoms with Crippen LogP contribution in [-0.4, -0.2) is 29.9 Å². The molecule has 0 fully saturated rings. The van der Waals surface area contributed by atoms with Crippen LogP contribution in [0.3, 0.4) is 0 Å². The predicted molar refractivity (Wildman–Crippen MR) is 123 cm³/mol. The van der Waals surface area contributed by atoms with Crippen molar-refractivity contribution >= 4 is 47.2 Å². The van der Waals surface area contributed by atoms with Gasteiger partial charge in [-0.1, -0.05) is 44.2 Å². The van der Waals surface area contributed by atoms with Gasteiger partial charge in [0, 0.05) is 18.5 Å². The van der Waals surface area contributed by atoms with Gasteiger partial charge in [0.1, 0.15) is 11.6 Å². The molecule has 1 heterocycles. The van der Waals surface area contributed by atoms with E-state index in [0.717, 1.165) is 22.8 Å². The van der Waals surface area contributed by atoms with Crippen LogP contribution >= 0.6 is 35.3 Å². The Morgan fingerprint density at radius 1 is 1.15 bits per heavy atom. The van der Waals surface area contributed by atoms with Gasteiger partial charge in [0.05, 0.1) is 12.2 Å². The molecule has 0 saturated carbocycles. The molecule has 2 rings (SSSR count). The van der Waals surface area contributed by atoms with Crippen LogP contribution in [-0.2, 0) is 17.9 Å². The number of benzene rings is 1. The van der Waals surface area contributed by atoms with Crippen molar-refractivity contribution in [1.82, 2.24) is 20.9 Å². The van der Waals surface area contributed by atoms with Gasteiger partial charge in [-0.3, -0.25) is 4.79 Å². The second-order valence-corrected chi connectivity index (χ2v) is 7.07. The van der Waals surface area contributed by atoms with Crippen LogP contribution in [0.5, 0.6) is 0 Å². The lowest BCUT2D eigenvalue weighted by atomic mass is 10.2. The van der Waals surface area contributed by atoms with Gasteiger partial charge in [-0.15, -0.1) is 35.3 Å². The molecule has 2 aromatic rings. The molecule has 0 atom stereocenters. The van der Waals surface area contributed by atoms with Crippen molar-refractivity contribution in [2.45, 2.75) is 39.8 Å². The van der Waals surface area contributed by atoms with E-state index in [1.165, 1.54) is 0 Å². The minimum Gasteiger partial charge on any atom is -0.357 e. The highest BCUT2D eigenvalue weighted by Gasteiger charge is 2.07. The lowest BCUT2D eigenvalue weighted by Crippen LogP contribution is -2.38. The number of aliphatic imine (C=N–C) groups is 1. The Balaban J connectivity index is 0.00000364. The Morgan fingerprint density at radius 2 is 1.89 bits per heavy atom. The Labute approximate surface area is 182 Å². The summed E-state index contributed by atoms with van der Waals surface area (Å²) in [5.41, 5.74) is 2.17. The average molecular weight is 501 g/mol. The molecule has 1 aromatic heterocycles. The summed E-state index contributed by atoms with van der Waals surface area (Å²) >= 11 is 1.63. The molecule has 0 unspecified atom stereocenters. The molecule has 0 aliphatic carbocycles. The molecular weight excluding hydrogens is 473 g/mol. The number of hydrogen-bond donors (Lipinski definition) is 3. The van der Waals surface area contributed by atoms with Gasteiger partial charge in [-0.05, 0) is 18.4 Å². The van der Waals surface area contributed by atoms with E-state index < -0.39 is 0 Å². The fourth-order valence-corrected chi connectivity index (χ4v) is 3.07. The van der Waals surface area contributed by atoms with Gasteiger partial charge in [-0.25, -0.2) is 9.98 Å². The second kappa shape index (κ2) is 12.7. The first-order valence-corrected chi connectivity index (χ1v) is 9.73. The predicted octanol–water partition coefficient (Wildman–Crippen LogP) is 3.26. The van der Waals surface area contributed by atoms with Crippen LogP contribution < -0.4 is 16.0 Å². The monoisotopic (exact) mass is 501 g/mol. The van der Waals surface area contributed by atoms with Crippen molar-refractivity contribution in [3.8, 4) is 0 Å². The molecule has 0 aliphatic heterocycles. The lowest BCUT2D eigenvalue weighted by molar-refractivity contribution is -0.119. The number of hydrogen-bond acceptors (Lipinski definition) is 4. The maximum absolute atomic E-state index is 12.0. The first kappa shape index (κ1) is 23.4. The second-order valence-electron chi connectivity index (χ2n) is 6.13. The molecular formula is C19H28IN5OS. The van der Waals surface area contributed by atoms with Crippen molar-refractivity contribution in [2.75, 3.05) is 13.1 Å². The van der Waals surface area contributed by atoms with Gasteiger partial charge < -0.3 is 16.0 Å². The molecule has 8 heteroatoms. The van der Waals surface area contributed by atoms with E-state index in [2.05, 4.69) is 45.2 Å². The summed E-state index contributed by atoms with van der Waals surface area (Å²) in [7, 11) is 0. The maximum Gasteiger partial charge on any atom is 0.242 e. The molecule has 0 bridgehead atoms. The smallest absolute Gasteiger partial charge is 0.242 e. The summed E-state index contributed by atoms with van der Waals surface area (Å²) < 4.78 is 0. The number of guanidine groups is 1. The van der Waals surface area contributed by atoms with Crippen LogP contribution in [0.4, 0.5) is 0 Å². The van der Waals surface area contributed by atoms with Crippen LogP contribution in [0, 0.1) is 0 Å². The molecule has 0 saturated heterocycles. The SMILES string of the molecule is CCNC(=NCC(=O)NCc1ccccc1)NCc1nc(C(C)C)cs1.I. The van der Waals surface area contributed by atoms with Crippen molar-refractivity contribution in [1.29, 1.82) is 0 Å². The molecule has 6 nitrogen and oxygen atoms in total. The summed E-state index contributed by atoms with van der Waals surface area (Å²) in [6.45, 7) is 8.17. The number of thiazole rings is 1. The Hall–Kier alpha value is -1.68. The zero-order valence-electron chi connectivity index (χ0n) is 16.0. The van der Waals surface area contributed by atoms with E-state index in [-0.39, 0.29) is 36.4 Å². The van der Waals surface area contributed by atoms with E-state index in [9.17, 15) is 4.79 Å². The molecule has 27 heavy (non-hydrogen) atoms. The topological polar surface area (TPSA) is 78.4 Å². The summed E-state index contributed by atoms with van der Waals surface area (Å²) in [5, 5.41) is 12.3. The van der Waals surface area contributed by atoms with Crippen molar-refractivity contribution in [3.63, 3.8) is 0 Å². The molecule has 1 aromatic carbocycles. The largest absolute Gasteiger partial charge is 0.357 e.